The number of carbonyl (C=O) groups is 1. The molecule has 4 nitrogen and oxygen atoms in total. The summed E-state index contributed by atoms with van der Waals surface area (Å²) in [6.07, 6.45) is 3.76. The van der Waals surface area contributed by atoms with Crippen molar-refractivity contribution >= 4 is 5.91 Å². The maximum Gasteiger partial charge on any atom is 0.252 e. The summed E-state index contributed by atoms with van der Waals surface area (Å²) in [7, 11) is 0. The van der Waals surface area contributed by atoms with Crippen molar-refractivity contribution in [3.8, 4) is 0 Å². The van der Waals surface area contributed by atoms with Crippen LogP contribution in [0.2, 0.25) is 0 Å². The van der Waals surface area contributed by atoms with E-state index in [1.807, 2.05) is 67.7 Å². The van der Waals surface area contributed by atoms with E-state index in [0.29, 0.717) is 5.56 Å². The van der Waals surface area contributed by atoms with Crippen molar-refractivity contribution in [3.63, 3.8) is 0 Å². The summed E-state index contributed by atoms with van der Waals surface area (Å²) < 4.78 is 2.08. The molecular formula is C26H25N3O. The molecule has 1 N–H and O–H groups in total. The van der Waals surface area contributed by atoms with Gasteiger partial charge in [-0.15, -0.1) is 0 Å². The molecule has 1 atom stereocenters. The summed E-state index contributed by atoms with van der Waals surface area (Å²) in [5.41, 5.74) is 5.09. The molecule has 0 saturated carbocycles. The lowest BCUT2D eigenvalue weighted by atomic mass is 9.97. The van der Waals surface area contributed by atoms with Crippen LogP contribution in [0, 0.1) is 13.8 Å². The van der Waals surface area contributed by atoms with Crippen LogP contribution in [0.5, 0.6) is 0 Å². The normalized spacial score (nSPS) is 11.8. The number of nitrogens with zero attached hydrogens (tertiary/aromatic N) is 2. The number of imidazole rings is 1. The second kappa shape index (κ2) is 8.78. The van der Waals surface area contributed by atoms with Crippen molar-refractivity contribution in [2.24, 2.45) is 0 Å². The molecule has 3 aromatic carbocycles. The van der Waals surface area contributed by atoms with Crippen LogP contribution in [0.15, 0.2) is 91.3 Å². The van der Waals surface area contributed by atoms with Gasteiger partial charge in [0.1, 0.15) is 5.82 Å². The number of hydrogen-bond donors (Lipinski definition) is 1. The van der Waals surface area contributed by atoms with Crippen LogP contribution in [-0.2, 0) is 6.54 Å². The lowest BCUT2D eigenvalue weighted by Crippen LogP contribution is -2.29. The molecule has 30 heavy (non-hydrogen) atoms. The van der Waals surface area contributed by atoms with Crippen molar-refractivity contribution in [1.82, 2.24) is 14.9 Å². The predicted molar refractivity (Wildman–Crippen MR) is 119 cm³/mol. The summed E-state index contributed by atoms with van der Waals surface area (Å²) in [4.78, 5) is 17.3. The van der Waals surface area contributed by atoms with E-state index in [-0.39, 0.29) is 11.9 Å². The molecule has 0 bridgehead atoms. The first kappa shape index (κ1) is 19.6. The third-order valence-corrected chi connectivity index (χ3v) is 5.31. The molecule has 0 saturated heterocycles. The number of amides is 1. The minimum absolute atomic E-state index is 0.0882. The molecule has 1 amide bonds. The smallest absolute Gasteiger partial charge is 0.252 e. The highest BCUT2D eigenvalue weighted by molar-refractivity contribution is 5.94. The van der Waals surface area contributed by atoms with E-state index in [1.165, 1.54) is 5.56 Å². The van der Waals surface area contributed by atoms with Gasteiger partial charge in [-0.1, -0.05) is 72.3 Å². The minimum atomic E-state index is -0.201. The fraction of sp³-hybridized carbons (Fsp3) is 0.154. The first-order chi connectivity index (χ1) is 14.6. The molecule has 0 radical (unpaired) electrons. The Morgan fingerprint density at radius 3 is 2.20 bits per heavy atom. The van der Waals surface area contributed by atoms with E-state index in [9.17, 15) is 4.79 Å². The molecule has 0 aliphatic rings. The summed E-state index contributed by atoms with van der Waals surface area (Å²) in [5.74, 6) is 0.885. The van der Waals surface area contributed by atoms with Gasteiger partial charge in [0.05, 0.1) is 6.04 Å². The first-order valence-corrected chi connectivity index (χ1v) is 10.1. The van der Waals surface area contributed by atoms with Crippen LogP contribution < -0.4 is 5.32 Å². The third kappa shape index (κ3) is 4.49. The lowest BCUT2D eigenvalue weighted by Gasteiger charge is -2.20. The Hall–Kier alpha value is -3.66. The van der Waals surface area contributed by atoms with E-state index in [2.05, 4.69) is 46.1 Å². The molecule has 1 aromatic heterocycles. The second-order valence-electron chi connectivity index (χ2n) is 7.53. The summed E-state index contributed by atoms with van der Waals surface area (Å²) >= 11 is 0. The zero-order valence-electron chi connectivity index (χ0n) is 17.2. The molecule has 0 fully saturated rings. The summed E-state index contributed by atoms with van der Waals surface area (Å²) in [6.45, 7) is 4.78. The Morgan fingerprint density at radius 2 is 1.57 bits per heavy atom. The quantitative estimate of drug-likeness (QED) is 0.496. The van der Waals surface area contributed by atoms with Crippen LogP contribution in [0.3, 0.4) is 0 Å². The van der Waals surface area contributed by atoms with Crippen molar-refractivity contribution in [3.05, 3.63) is 125 Å². The van der Waals surface area contributed by atoms with Gasteiger partial charge >= 0.3 is 0 Å². The molecule has 0 aliphatic heterocycles. The van der Waals surface area contributed by atoms with Crippen LogP contribution in [0.25, 0.3) is 0 Å². The maximum atomic E-state index is 13.0. The number of nitrogens with one attached hydrogen (secondary N) is 1. The number of rotatable bonds is 6. The standard InChI is InChI=1S/C26H25N3O/c1-19-8-12-23(13-9-19)25(22-6-4-3-5-7-22)28-26(30)24-14-10-21(11-15-24)18-29-17-16-27-20(29)2/h3-17,25H,18H2,1-2H3,(H,28,30)/t25-/m0/s1. The van der Waals surface area contributed by atoms with Crippen LogP contribution in [-0.4, -0.2) is 15.5 Å². The van der Waals surface area contributed by atoms with Gasteiger partial charge in [-0.25, -0.2) is 4.98 Å². The average Bonchev–Trinajstić information content (AvgIpc) is 3.18. The zero-order valence-corrected chi connectivity index (χ0v) is 17.2. The Bertz CT molecular complexity index is 1110. The van der Waals surface area contributed by atoms with Crippen molar-refractivity contribution in [2.45, 2.75) is 26.4 Å². The zero-order chi connectivity index (χ0) is 20.9. The molecule has 4 aromatic rings. The van der Waals surface area contributed by atoms with Crippen LogP contribution >= 0.6 is 0 Å². The first-order valence-electron chi connectivity index (χ1n) is 10.1. The van der Waals surface area contributed by atoms with Gasteiger partial charge < -0.3 is 9.88 Å². The van der Waals surface area contributed by atoms with Crippen LogP contribution in [0.1, 0.15) is 44.5 Å². The SMILES string of the molecule is Cc1ccc([C@@H](NC(=O)c2ccc(Cn3ccnc3C)cc2)c2ccccc2)cc1. The largest absolute Gasteiger partial charge is 0.341 e. The molecule has 150 valence electrons. The van der Waals surface area contributed by atoms with Gasteiger partial charge in [-0.3, -0.25) is 4.79 Å². The molecule has 4 heteroatoms. The van der Waals surface area contributed by atoms with Gasteiger partial charge in [-0.05, 0) is 42.7 Å². The van der Waals surface area contributed by atoms with E-state index >= 15 is 0 Å². The minimum Gasteiger partial charge on any atom is -0.341 e. The number of aromatic nitrogens is 2. The molecule has 0 spiro atoms. The molecule has 1 heterocycles. The second-order valence-corrected chi connectivity index (χ2v) is 7.53. The van der Waals surface area contributed by atoms with Crippen molar-refractivity contribution < 1.29 is 4.79 Å². The van der Waals surface area contributed by atoms with E-state index < -0.39 is 0 Å². The Morgan fingerprint density at radius 1 is 0.900 bits per heavy atom. The fourth-order valence-electron chi connectivity index (χ4n) is 3.51. The summed E-state index contributed by atoms with van der Waals surface area (Å²) in [5, 5.41) is 3.21. The van der Waals surface area contributed by atoms with Gasteiger partial charge in [0.25, 0.3) is 5.91 Å². The summed E-state index contributed by atoms with van der Waals surface area (Å²) in [6, 6.07) is 25.9. The van der Waals surface area contributed by atoms with Gasteiger partial charge in [0.2, 0.25) is 0 Å². The molecule has 0 unspecified atom stereocenters. The van der Waals surface area contributed by atoms with E-state index in [0.717, 1.165) is 29.1 Å². The Labute approximate surface area is 177 Å². The van der Waals surface area contributed by atoms with Crippen molar-refractivity contribution in [2.75, 3.05) is 0 Å². The highest BCUT2D eigenvalue weighted by Crippen LogP contribution is 2.23. The monoisotopic (exact) mass is 395 g/mol. The topological polar surface area (TPSA) is 46.9 Å². The fourth-order valence-corrected chi connectivity index (χ4v) is 3.51. The Balaban J connectivity index is 1.53. The predicted octanol–water partition coefficient (Wildman–Crippen LogP) is 5.07. The Kier molecular flexibility index (Phi) is 5.75. The van der Waals surface area contributed by atoms with Gasteiger partial charge in [-0.2, -0.15) is 0 Å². The van der Waals surface area contributed by atoms with Crippen molar-refractivity contribution in [1.29, 1.82) is 0 Å². The lowest BCUT2D eigenvalue weighted by molar-refractivity contribution is 0.0943. The molecular weight excluding hydrogens is 370 g/mol. The third-order valence-electron chi connectivity index (χ3n) is 5.31. The van der Waals surface area contributed by atoms with Gasteiger partial charge in [0.15, 0.2) is 0 Å². The molecule has 4 rings (SSSR count). The highest BCUT2D eigenvalue weighted by atomic mass is 16.1. The average molecular weight is 396 g/mol. The number of benzene rings is 3. The number of carbonyl (C=O) groups excluding carboxylic acids is 1. The van der Waals surface area contributed by atoms with Gasteiger partial charge in [0, 0.05) is 24.5 Å². The highest BCUT2D eigenvalue weighted by Gasteiger charge is 2.17. The van der Waals surface area contributed by atoms with Crippen LogP contribution in [0.4, 0.5) is 0 Å². The van der Waals surface area contributed by atoms with E-state index in [4.69, 9.17) is 0 Å². The molecule has 0 aliphatic carbocycles. The van der Waals surface area contributed by atoms with E-state index in [1.54, 1.807) is 6.20 Å². The number of hydrogen-bond acceptors (Lipinski definition) is 2. The number of aryl methyl sites for hydroxylation is 2. The maximum absolute atomic E-state index is 13.0.